The smallest absolute Gasteiger partial charge is 0.270 e. The van der Waals surface area contributed by atoms with Gasteiger partial charge >= 0.3 is 0 Å². The van der Waals surface area contributed by atoms with Crippen molar-refractivity contribution in [2.45, 2.75) is 32.2 Å². The number of rotatable bonds is 5. The second-order valence-electron chi connectivity index (χ2n) is 5.77. The van der Waals surface area contributed by atoms with E-state index in [-0.39, 0.29) is 23.9 Å². The topological polar surface area (TPSA) is 68.0 Å². The van der Waals surface area contributed by atoms with Gasteiger partial charge in [0, 0.05) is 5.54 Å². The number of benzene rings is 1. The van der Waals surface area contributed by atoms with Crippen molar-refractivity contribution in [3.8, 4) is 0 Å². The summed E-state index contributed by atoms with van der Waals surface area (Å²) in [4.78, 5) is 16.2. The van der Waals surface area contributed by atoms with Crippen molar-refractivity contribution < 1.29 is 4.79 Å². The molecule has 1 amide bonds. The van der Waals surface area contributed by atoms with Gasteiger partial charge in [-0.05, 0) is 44.4 Å². The van der Waals surface area contributed by atoms with Crippen molar-refractivity contribution in [1.82, 2.24) is 10.3 Å². The molecule has 0 spiro atoms. The van der Waals surface area contributed by atoms with Crippen LogP contribution in [0.4, 0.5) is 5.82 Å². The molecule has 4 nitrogen and oxygen atoms in total. The number of aryl methyl sites for hydroxylation is 1. The number of anilines is 1. The van der Waals surface area contributed by atoms with Gasteiger partial charge in [0.05, 0.1) is 0 Å². The molecular formula is C17H22ClN3O. The molecule has 0 radical (unpaired) electrons. The number of carbonyl (C=O) groups is 1. The van der Waals surface area contributed by atoms with Crippen molar-refractivity contribution in [1.29, 1.82) is 0 Å². The molecule has 2 rings (SSSR count). The summed E-state index contributed by atoms with van der Waals surface area (Å²) < 4.78 is 0. The first-order valence-electron chi connectivity index (χ1n) is 7.05. The number of carbonyl (C=O) groups excluding carboxylic acids is 1. The molecule has 0 saturated heterocycles. The number of halogens is 1. The Labute approximate surface area is 137 Å². The van der Waals surface area contributed by atoms with Crippen LogP contribution < -0.4 is 11.1 Å². The fourth-order valence-electron chi connectivity index (χ4n) is 2.11. The van der Waals surface area contributed by atoms with Crippen LogP contribution in [0.1, 0.15) is 36.3 Å². The highest BCUT2D eigenvalue weighted by Gasteiger charge is 2.21. The van der Waals surface area contributed by atoms with Gasteiger partial charge in [-0.1, -0.05) is 36.4 Å². The Balaban J connectivity index is 0.00000242. The maximum Gasteiger partial charge on any atom is 0.270 e. The maximum atomic E-state index is 12.2. The monoisotopic (exact) mass is 319 g/mol. The van der Waals surface area contributed by atoms with Gasteiger partial charge < -0.3 is 11.1 Å². The van der Waals surface area contributed by atoms with E-state index in [0.717, 1.165) is 12.8 Å². The minimum Gasteiger partial charge on any atom is -0.384 e. The summed E-state index contributed by atoms with van der Waals surface area (Å²) in [7, 11) is 0. The second kappa shape index (κ2) is 7.80. The fraction of sp³-hybridized carbons (Fsp3) is 0.294. The van der Waals surface area contributed by atoms with Crippen molar-refractivity contribution in [3.63, 3.8) is 0 Å². The van der Waals surface area contributed by atoms with E-state index in [0.29, 0.717) is 11.5 Å². The van der Waals surface area contributed by atoms with Crippen molar-refractivity contribution in [3.05, 3.63) is 59.8 Å². The highest BCUT2D eigenvalue weighted by molar-refractivity contribution is 5.93. The van der Waals surface area contributed by atoms with Gasteiger partial charge in [-0.3, -0.25) is 4.79 Å². The Kier molecular flexibility index (Phi) is 6.38. The Hall–Kier alpha value is -2.07. The minimum atomic E-state index is -0.306. The summed E-state index contributed by atoms with van der Waals surface area (Å²) in [5, 5.41) is 3.01. The highest BCUT2D eigenvalue weighted by Crippen LogP contribution is 2.14. The van der Waals surface area contributed by atoms with Crippen LogP contribution in [0, 0.1) is 0 Å². The van der Waals surface area contributed by atoms with Crippen LogP contribution in [0.5, 0.6) is 0 Å². The van der Waals surface area contributed by atoms with Crippen molar-refractivity contribution >= 4 is 24.1 Å². The highest BCUT2D eigenvalue weighted by atomic mass is 35.5. The zero-order valence-electron chi connectivity index (χ0n) is 12.9. The standard InChI is InChI=1S/C17H21N3O.ClH/c1-17(2,12-11-13-7-4-3-5-8-13)20-16(21)14-9-6-10-15(18)19-14;/h3-10H,11-12H2,1-2H3,(H2,18,19)(H,20,21);1H. The number of nitrogens with zero attached hydrogens (tertiary/aromatic N) is 1. The normalized spacial score (nSPS) is 10.6. The average molecular weight is 320 g/mol. The molecule has 0 atom stereocenters. The molecule has 2 aromatic rings. The Morgan fingerprint density at radius 2 is 1.82 bits per heavy atom. The number of aromatic nitrogens is 1. The third kappa shape index (κ3) is 5.37. The summed E-state index contributed by atoms with van der Waals surface area (Å²) >= 11 is 0. The predicted octanol–water partition coefficient (Wildman–Crippen LogP) is 3.23. The Morgan fingerprint density at radius 1 is 1.14 bits per heavy atom. The van der Waals surface area contributed by atoms with E-state index in [1.807, 2.05) is 32.0 Å². The molecule has 1 aromatic heterocycles. The summed E-state index contributed by atoms with van der Waals surface area (Å²) in [5.41, 5.74) is 6.91. The van der Waals surface area contributed by atoms with Gasteiger partial charge in [-0.2, -0.15) is 0 Å². The summed E-state index contributed by atoms with van der Waals surface area (Å²) in [6.45, 7) is 4.03. The molecular weight excluding hydrogens is 298 g/mol. The van der Waals surface area contributed by atoms with Gasteiger partial charge in [0.1, 0.15) is 11.5 Å². The zero-order chi connectivity index (χ0) is 15.3. The number of nitrogen functional groups attached to an aromatic ring is 1. The molecule has 3 N–H and O–H groups in total. The molecule has 0 aliphatic carbocycles. The van der Waals surface area contributed by atoms with Gasteiger partial charge in [0.25, 0.3) is 5.91 Å². The quantitative estimate of drug-likeness (QED) is 0.889. The lowest BCUT2D eigenvalue weighted by atomic mass is 9.95. The number of amides is 1. The van der Waals surface area contributed by atoms with Crippen LogP contribution in [-0.2, 0) is 6.42 Å². The Bertz CT molecular complexity index is 614. The maximum absolute atomic E-state index is 12.2. The number of nitrogens with two attached hydrogens (primary N) is 1. The van der Waals surface area contributed by atoms with E-state index in [2.05, 4.69) is 22.4 Å². The summed E-state index contributed by atoms with van der Waals surface area (Å²) in [6.07, 6.45) is 1.77. The van der Waals surface area contributed by atoms with Crippen LogP contribution in [0.15, 0.2) is 48.5 Å². The first-order chi connectivity index (χ1) is 9.96. The third-order valence-corrected chi connectivity index (χ3v) is 3.34. The van der Waals surface area contributed by atoms with E-state index in [1.54, 1.807) is 18.2 Å². The molecule has 0 saturated carbocycles. The molecule has 0 bridgehead atoms. The molecule has 1 aromatic carbocycles. The zero-order valence-corrected chi connectivity index (χ0v) is 13.7. The van der Waals surface area contributed by atoms with Crippen LogP contribution >= 0.6 is 12.4 Å². The molecule has 1 heterocycles. The lowest BCUT2D eigenvalue weighted by molar-refractivity contribution is 0.0904. The molecule has 5 heteroatoms. The van der Waals surface area contributed by atoms with E-state index < -0.39 is 0 Å². The second-order valence-corrected chi connectivity index (χ2v) is 5.77. The van der Waals surface area contributed by atoms with Crippen LogP contribution in [-0.4, -0.2) is 16.4 Å². The van der Waals surface area contributed by atoms with E-state index in [1.165, 1.54) is 5.56 Å². The van der Waals surface area contributed by atoms with Crippen molar-refractivity contribution in [2.24, 2.45) is 0 Å². The summed E-state index contributed by atoms with van der Waals surface area (Å²) in [5.74, 6) is 0.158. The molecule has 0 fully saturated rings. The third-order valence-electron chi connectivity index (χ3n) is 3.34. The molecule has 118 valence electrons. The first-order valence-corrected chi connectivity index (χ1v) is 7.05. The van der Waals surface area contributed by atoms with E-state index >= 15 is 0 Å². The fourth-order valence-corrected chi connectivity index (χ4v) is 2.11. The average Bonchev–Trinajstić information content (AvgIpc) is 2.46. The van der Waals surface area contributed by atoms with Crippen molar-refractivity contribution in [2.75, 3.05) is 5.73 Å². The lowest BCUT2D eigenvalue weighted by Gasteiger charge is -2.26. The Morgan fingerprint density at radius 3 is 2.45 bits per heavy atom. The lowest BCUT2D eigenvalue weighted by Crippen LogP contribution is -2.44. The van der Waals surface area contributed by atoms with Gasteiger partial charge in [-0.25, -0.2) is 4.98 Å². The number of hydrogen-bond donors (Lipinski definition) is 2. The number of hydrogen-bond acceptors (Lipinski definition) is 3. The number of nitrogens with one attached hydrogen (secondary N) is 1. The van der Waals surface area contributed by atoms with E-state index in [9.17, 15) is 4.79 Å². The predicted molar refractivity (Wildman–Crippen MR) is 92.2 cm³/mol. The van der Waals surface area contributed by atoms with Crippen LogP contribution in [0.3, 0.4) is 0 Å². The molecule has 0 aliphatic rings. The largest absolute Gasteiger partial charge is 0.384 e. The SMILES string of the molecule is CC(C)(CCc1ccccc1)NC(=O)c1cccc(N)n1.Cl. The summed E-state index contributed by atoms with van der Waals surface area (Å²) in [6, 6.07) is 15.3. The molecule has 0 aliphatic heterocycles. The molecule has 0 unspecified atom stereocenters. The van der Waals surface area contributed by atoms with Gasteiger partial charge in [0.15, 0.2) is 0 Å². The van der Waals surface area contributed by atoms with Crippen LogP contribution in [0.2, 0.25) is 0 Å². The van der Waals surface area contributed by atoms with Crippen LogP contribution in [0.25, 0.3) is 0 Å². The first kappa shape index (κ1) is 18.0. The van der Waals surface area contributed by atoms with E-state index in [4.69, 9.17) is 5.73 Å². The molecule has 22 heavy (non-hydrogen) atoms. The van der Waals surface area contributed by atoms with Gasteiger partial charge in [0.2, 0.25) is 0 Å². The van der Waals surface area contributed by atoms with Gasteiger partial charge in [-0.15, -0.1) is 12.4 Å². The number of pyridine rings is 1. The minimum absolute atomic E-state index is 0.